The largest absolute Gasteiger partial charge is 0.493 e. The van der Waals surface area contributed by atoms with E-state index in [1.807, 2.05) is 19.1 Å². The van der Waals surface area contributed by atoms with Crippen molar-refractivity contribution in [3.63, 3.8) is 0 Å². The first kappa shape index (κ1) is 25.6. The number of sulfonamides is 1. The Morgan fingerprint density at radius 1 is 1.12 bits per heavy atom. The molecule has 2 atom stereocenters. The number of rotatable bonds is 8. The molecule has 1 N–H and O–H groups in total. The summed E-state index contributed by atoms with van der Waals surface area (Å²) in [6.07, 6.45) is 1.24. The van der Waals surface area contributed by atoms with Gasteiger partial charge < -0.3 is 14.8 Å². The van der Waals surface area contributed by atoms with Crippen molar-refractivity contribution >= 4 is 39.1 Å². The molecule has 0 saturated carbocycles. The van der Waals surface area contributed by atoms with Gasteiger partial charge in [0.2, 0.25) is 15.9 Å². The number of nitrogens with one attached hydrogen (secondary N) is 1. The molecule has 1 heterocycles. The minimum Gasteiger partial charge on any atom is -0.493 e. The van der Waals surface area contributed by atoms with Crippen molar-refractivity contribution in [2.45, 2.75) is 31.6 Å². The Morgan fingerprint density at radius 3 is 2.52 bits per heavy atom. The summed E-state index contributed by atoms with van der Waals surface area (Å²) in [5, 5.41) is 3.68. The molecule has 0 unspecified atom stereocenters. The first-order valence-corrected chi connectivity index (χ1v) is 12.9. The van der Waals surface area contributed by atoms with E-state index in [-0.39, 0.29) is 24.2 Å². The summed E-state index contributed by atoms with van der Waals surface area (Å²) in [5.41, 5.74) is 1.42. The van der Waals surface area contributed by atoms with Gasteiger partial charge in [-0.1, -0.05) is 35.3 Å². The summed E-state index contributed by atoms with van der Waals surface area (Å²) in [6.45, 7) is 2.41. The summed E-state index contributed by atoms with van der Waals surface area (Å²) in [4.78, 5) is 13.0. The molecular weight excluding hydrogens is 487 g/mol. The Bertz CT molecular complexity index is 1110. The Morgan fingerprint density at radius 2 is 1.85 bits per heavy atom. The number of amides is 1. The van der Waals surface area contributed by atoms with E-state index in [0.717, 1.165) is 5.56 Å². The van der Waals surface area contributed by atoms with Gasteiger partial charge in [-0.05, 0) is 55.2 Å². The highest BCUT2D eigenvalue weighted by Gasteiger charge is 2.33. The molecule has 0 aromatic heterocycles. The zero-order valence-electron chi connectivity index (χ0n) is 18.8. The summed E-state index contributed by atoms with van der Waals surface area (Å²) in [5.74, 6) is 0.389. The molecule has 1 fully saturated rings. The zero-order chi connectivity index (χ0) is 24.2. The second kappa shape index (κ2) is 11.0. The number of benzene rings is 2. The van der Waals surface area contributed by atoms with Crippen LogP contribution in [-0.4, -0.2) is 45.9 Å². The molecule has 180 valence electrons. The quantitative estimate of drug-likeness (QED) is 0.563. The molecular formula is C23H28Cl2N2O5S. The fourth-order valence-electron chi connectivity index (χ4n) is 3.88. The van der Waals surface area contributed by atoms with E-state index in [9.17, 15) is 13.2 Å². The predicted octanol–water partition coefficient (Wildman–Crippen LogP) is 4.43. The van der Waals surface area contributed by atoms with Crippen LogP contribution in [0.15, 0.2) is 36.4 Å². The maximum Gasteiger partial charge on any atom is 0.224 e. The Hall–Kier alpha value is -2.00. The first-order chi connectivity index (χ1) is 15.6. The number of hydrogen-bond acceptors (Lipinski definition) is 5. The summed E-state index contributed by atoms with van der Waals surface area (Å²) < 4.78 is 38.0. The molecule has 7 nitrogen and oxygen atoms in total. The summed E-state index contributed by atoms with van der Waals surface area (Å²) >= 11 is 11.9. The number of piperidine rings is 1. The van der Waals surface area contributed by atoms with Gasteiger partial charge in [-0.3, -0.25) is 4.79 Å². The topological polar surface area (TPSA) is 84.9 Å². The molecule has 0 aliphatic carbocycles. The number of carbonyl (C=O) groups is 1. The van der Waals surface area contributed by atoms with Crippen LogP contribution in [0, 0.1) is 5.92 Å². The van der Waals surface area contributed by atoms with Crippen molar-refractivity contribution in [2.75, 3.05) is 27.3 Å². The highest BCUT2D eigenvalue weighted by atomic mass is 35.5. The van der Waals surface area contributed by atoms with Gasteiger partial charge in [0.15, 0.2) is 11.5 Å². The van der Waals surface area contributed by atoms with Gasteiger partial charge in [-0.2, -0.15) is 0 Å². The number of halogens is 2. The number of hydrogen-bond donors (Lipinski definition) is 1. The third-order valence-corrected chi connectivity index (χ3v) is 8.30. The van der Waals surface area contributed by atoms with E-state index in [0.29, 0.717) is 46.5 Å². The number of nitrogens with zero attached hydrogens (tertiary/aromatic N) is 1. The second-order valence-electron chi connectivity index (χ2n) is 8.05. The van der Waals surface area contributed by atoms with Gasteiger partial charge >= 0.3 is 0 Å². The van der Waals surface area contributed by atoms with Crippen LogP contribution in [0.4, 0.5) is 0 Å². The third-order valence-electron chi connectivity index (χ3n) is 5.75. The minimum absolute atomic E-state index is 0.147. The zero-order valence-corrected chi connectivity index (χ0v) is 21.1. The standard InChI is InChI=1S/C23H28Cl2N2O5S/c1-15(17-7-9-21(31-2)22(12-17)32-3)26-23(28)18-5-4-10-27(13-18)33(29,30)14-16-6-8-19(24)20(25)11-16/h6-9,11-12,15,18H,4-5,10,13-14H2,1-3H3,(H,26,28)/t15-,18+/m1/s1. The number of methoxy groups -OCH3 is 2. The normalized spacial score (nSPS) is 17.9. The lowest BCUT2D eigenvalue weighted by Gasteiger charge is -2.32. The summed E-state index contributed by atoms with van der Waals surface area (Å²) in [6, 6.07) is 9.97. The molecule has 1 saturated heterocycles. The van der Waals surface area contributed by atoms with Gasteiger partial charge in [0.05, 0.1) is 42.0 Å². The maximum absolute atomic E-state index is 13.0. The smallest absolute Gasteiger partial charge is 0.224 e. The third kappa shape index (κ3) is 6.32. The molecule has 1 amide bonds. The average Bonchev–Trinajstić information content (AvgIpc) is 2.80. The van der Waals surface area contributed by atoms with Gasteiger partial charge in [-0.25, -0.2) is 12.7 Å². The lowest BCUT2D eigenvalue weighted by molar-refractivity contribution is -0.126. The average molecular weight is 515 g/mol. The SMILES string of the molecule is COc1ccc([C@@H](C)NC(=O)[C@H]2CCCN(S(=O)(=O)Cc3ccc(Cl)c(Cl)c3)C2)cc1OC. The second-order valence-corrected chi connectivity index (χ2v) is 10.8. The molecule has 0 spiro atoms. The Kier molecular flexibility index (Phi) is 8.50. The molecule has 0 radical (unpaired) electrons. The van der Waals surface area contributed by atoms with E-state index in [1.165, 1.54) is 4.31 Å². The van der Waals surface area contributed by atoms with Crippen molar-refractivity contribution in [1.29, 1.82) is 0 Å². The van der Waals surface area contributed by atoms with Gasteiger partial charge in [0, 0.05) is 13.1 Å². The molecule has 33 heavy (non-hydrogen) atoms. The van der Waals surface area contributed by atoms with Crippen molar-refractivity contribution in [2.24, 2.45) is 5.92 Å². The van der Waals surface area contributed by atoms with Gasteiger partial charge in [0.1, 0.15) is 0 Å². The van der Waals surface area contributed by atoms with Crippen molar-refractivity contribution < 1.29 is 22.7 Å². The molecule has 2 aromatic rings. The van der Waals surface area contributed by atoms with E-state index in [4.69, 9.17) is 32.7 Å². The first-order valence-electron chi connectivity index (χ1n) is 10.6. The minimum atomic E-state index is -3.61. The van der Waals surface area contributed by atoms with Gasteiger partial charge in [0.25, 0.3) is 0 Å². The lowest BCUT2D eigenvalue weighted by Crippen LogP contribution is -2.46. The van der Waals surface area contributed by atoms with Crippen LogP contribution in [0.5, 0.6) is 11.5 Å². The van der Waals surface area contributed by atoms with E-state index in [2.05, 4.69) is 5.32 Å². The molecule has 3 rings (SSSR count). The number of carbonyl (C=O) groups excluding carboxylic acids is 1. The van der Waals surface area contributed by atoms with Crippen molar-refractivity contribution in [3.8, 4) is 11.5 Å². The van der Waals surface area contributed by atoms with E-state index in [1.54, 1.807) is 38.5 Å². The molecule has 1 aliphatic heterocycles. The van der Waals surface area contributed by atoms with Crippen LogP contribution >= 0.6 is 23.2 Å². The van der Waals surface area contributed by atoms with Crippen LogP contribution in [0.3, 0.4) is 0 Å². The van der Waals surface area contributed by atoms with Crippen LogP contribution in [0.25, 0.3) is 0 Å². The fraction of sp³-hybridized carbons (Fsp3) is 0.435. The number of ether oxygens (including phenoxy) is 2. The van der Waals surface area contributed by atoms with Crippen LogP contribution in [-0.2, 0) is 20.6 Å². The monoisotopic (exact) mass is 514 g/mol. The summed E-state index contributed by atoms with van der Waals surface area (Å²) in [7, 11) is -0.490. The molecule has 2 aromatic carbocycles. The van der Waals surface area contributed by atoms with Crippen molar-refractivity contribution in [3.05, 3.63) is 57.6 Å². The Labute approximate surface area is 205 Å². The molecule has 1 aliphatic rings. The Balaban J connectivity index is 1.65. The van der Waals surface area contributed by atoms with Crippen LogP contribution < -0.4 is 14.8 Å². The van der Waals surface area contributed by atoms with Crippen LogP contribution in [0.1, 0.15) is 36.9 Å². The highest BCUT2D eigenvalue weighted by Crippen LogP contribution is 2.30. The maximum atomic E-state index is 13.0. The van der Waals surface area contributed by atoms with E-state index < -0.39 is 15.9 Å². The van der Waals surface area contributed by atoms with E-state index >= 15 is 0 Å². The lowest BCUT2D eigenvalue weighted by atomic mass is 9.98. The molecule has 10 heteroatoms. The van der Waals surface area contributed by atoms with Crippen LogP contribution in [0.2, 0.25) is 10.0 Å². The fourth-order valence-corrected chi connectivity index (χ4v) is 5.80. The van der Waals surface area contributed by atoms with Gasteiger partial charge in [-0.15, -0.1) is 0 Å². The molecule has 0 bridgehead atoms. The highest BCUT2D eigenvalue weighted by molar-refractivity contribution is 7.88. The predicted molar refractivity (Wildman–Crippen MR) is 129 cm³/mol. The van der Waals surface area contributed by atoms with Crippen molar-refractivity contribution in [1.82, 2.24) is 9.62 Å².